The van der Waals surface area contributed by atoms with Crippen molar-refractivity contribution >= 4 is 0 Å². The number of aryl methyl sites for hydroxylation is 1. The molecule has 3 heteroatoms. The van der Waals surface area contributed by atoms with Crippen molar-refractivity contribution in [3.05, 3.63) is 41.8 Å². The zero-order valence-electron chi connectivity index (χ0n) is 8.63. The third-order valence-corrected chi connectivity index (χ3v) is 2.29. The molecule has 2 aromatic rings. The third kappa shape index (κ3) is 2.24. The highest BCUT2D eigenvalue weighted by Gasteiger charge is 2.03. The summed E-state index contributed by atoms with van der Waals surface area (Å²) in [7, 11) is 0. The number of hydrogen-bond donors (Lipinski definition) is 1. The minimum Gasteiger partial charge on any atom is -0.282 e. The Hall–Kier alpha value is -1.64. The lowest BCUT2D eigenvalue weighted by atomic mass is 10.1. The van der Waals surface area contributed by atoms with Gasteiger partial charge >= 0.3 is 0 Å². The molecule has 0 spiro atoms. The van der Waals surface area contributed by atoms with Crippen molar-refractivity contribution in [1.82, 2.24) is 10.2 Å². The highest BCUT2D eigenvalue weighted by atomic mass is 19.1. The molecule has 0 bridgehead atoms. The minimum atomic E-state index is -0.219. The lowest BCUT2D eigenvalue weighted by Gasteiger charge is -1.94. The molecular weight excluding hydrogens is 191 g/mol. The van der Waals surface area contributed by atoms with E-state index in [-0.39, 0.29) is 5.82 Å². The first-order valence-electron chi connectivity index (χ1n) is 5.10. The van der Waals surface area contributed by atoms with Gasteiger partial charge in [-0.05, 0) is 36.8 Å². The molecule has 78 valence electrons. The minimum absolute atomic E-state index is 0.219. The van der Waals surface area contributed by atoms with E-state index in [4.69, 9.17) is 0 Å². The van der Waals surface area contributed by atoms with Crippen LogP contribution in [0.3, 0.4) is 0 Å². The average molecular weight is 204 g/mol. The summed E-state index contributed by atoms with van der Waals surface area (Å²) in [6.45, 7) is 2.12. The molecule has 0 saturated carbocycles. The van der Waals surface area contributed by atoms with Crippen LogP contribution in [0.2, 0.25) is 0 Å². The Balaban J connectivity index is 2.25. The van der Waals surface area contributed by atoms with Crippen LogP contribution in [0, 0.1) is 5.82 Å². The number of H-pyrrole nitrogens is 1. The SMILES string of the molecule is CCCc1cc(-c2ccc(F)cc2)n[nH]1. The fourth-order valence-corrected chi connectivity index (χ4v) is 1.53. The Morgan fingerprint density at radius 3 is 2.67 bits per heavy atom. The first kappa shape index (κ1) is 9.90. The van der Waals surface area contributed by atoms with E-state index in [0.29, 0.717) is 0 Å². The second kappa shape index (κ2) is 4.26. The Morgan fingerprint density at radius 2 is 2.00 bits per heavy atom. The molecule has 0 saturated heterocycles. The van der Waals surface area contributed by atoms with Gasteiger partial charge in [-0.25, -0.2) is 4.39 Å². The van der Waals surface area contributed by atoms with Crippen LogP contribution in [-0.4, -0.2) is 10.2 Å². The molecule has 2 rings (SSSR count). The Bertz CT molecular complexity index is 431. The standard InChI is InChI=1S/C12H13FN2/c1-2-3-11-8-12(15-14-11)9-4-6-10(13)7-5-9/h4-8H,2-3H2,1H3,(H,14,15). The first-order valence-corrected chi connectivity index (χ1v) is 5.10. The summed E-state index contributed by atoms with van der Waals surface area (Å²) in [5, 5.41) is 7.16. The second-order valence-electron chi connectivity index (χ2n) is 3.54. The molecule has 0 amide bonds. The molecule has 1 N–H and O–H groups in total. The molecule has 0 aliphatic carbocycles. The quantitative estimate of drug-likeness (QED) is 0.817. The van der Waals surface area contributed by atoms with Crippen LogP contribution in [0.5, 0.6) is 0 Å². The van der Waals surface area contributed by atoms with Crippen molar-refractivity contribution in [3.8, 4) is 11.3 Å². The third-order valence-electron chi connectivity index (χ3n) is 2.29. The van der Waals surface area contributed by atoms with E-state index in [0.717, 1.165) is 29.8 Å². The molecule has 0 aliphatic rings. The van der Waals surface area contributed by atoms with Crippen LogP contribution in [0.25, 0.3) is 11.3 Å². The topological polar surface area (TPSA) is 28.7 Å². The lowest BCUT2D eigenvalue weighted by molar-refractivity contribution is 0.628. The fourth-order valence-electron chi connectivity index (χ4n) is 1.53. The van der Waals surface area contributed by atoms with E-state index in [2.05, 4.69) is 17.1 Å². The van der Waals surface area contributed by atoms with Crippen molar-refractivity contribution in [1.29, 1.82) is 0 Å². The molecule has 0 radical (unpaired) electrons. The molecule has 0 fully saturated rings. The van der Waals surface area contributed by atoms with E-state index in [1.165, 1.54) is 12.1 Å². The molecule has 1 aromatic carbocycles. The van der Waals surface area contributed by atoms with Crippen LogP contribution in [0.4, 0.5) is 4.39 Å². The molecule has 0 atom stereocenters. The van der Waals surface area contributed by atoms with Crippen LogP contribution in [-0.2, 0) is 6.42 Å². The number of nitrogens with zero attached hydrogens (tertiary/aromatic N) is 1. The van der Waals surface area contributed by atoms with Gasteiger partial charge in [-0.1, -0.05) is 13.3 Å². The highest BCUT2D eigenvalue weighted by molar-refractivity contribution is 5.58. The van der Waals surface area contributed by atoms with Gasteiger partial charge in [0.2, 0.25) is 0 Å². The summed E-state index contributed by atoms with van der Waals surface area (Å²) in [4.78, 5) is 0. The molecule has 1 heterocycles. The maximum absolute atomic E-state index is 12.7. The van der Waals surface area contributed by atoms with Crippen molar-refractivity contribution in [2.24, 2.45) is 0 Å². The van der Waals surface area contributed by atoms with Crippen molar-refractivity contribution in [2.45, 2.75) is 19.8 Å². The lowest BCUT2D eigenvalue weighted by Crippen LogP contribution is -1.80. The zero-order valence-corrected chi connectivity index (χ0v) is 8.63. The van der Waals surface area contributed by atoms with Crippen molar-refractivity contribution in [2.75, 3.05) is 0 Å². The average Bonchev–Trinajstić information content (AvgIpc) is 2.68. The van der Waals surface area contributed by atoms with Crippen molar-refractivity contribution in [3.63, 3.8) is 0 Å². The fraction of sp³-hybridized carbons (Fsp3) is 0.250. The van der Waals surface area contributed by atoms with Gasteiger partial charge < -0.3 is 0 Å². The Labute approximate surface area is 88.1 Å². The number of nitrogens with one attached hydrogen (secondary N) is 1. The van der Waals surface area contributed by atoms with Gasteiger partial charge in [0.05, 0.1) is 5.69 Å². The molecule has 1 aromatic heterocycles. The van der Waals surface area contributed by atoms with E-state index in [9.17, 15) is 4.39 Å². The summed E-state index contributed by atoms with van der Waals surface area (Å²) < 4.78 is 12.7. The second-order valence-corrected chi connectivity index (χ2v) is 3.54. The molecule has 15 heavy (non-hydrogen) atoms. The summed E-state index contributed by atoms with van der Waals surface area (Å²) >= 11 is 0. The normalized spacial score (nSPS) is 10.5. The van der Waals surface area contributed by atoms with E-state index < -0.39 is 0 Å². The summed E-state index contributed by atoms with van der Waals surface area (Å²) in [5.74, 6) is -0.219. The van der Waals surface area contributed by atoms with E-state index in [1.54, 1.807) is 12.1 Å². The van der Waals surface area contributed by atoms with Gasteiger partial charge in [0, 0.05) is 11.3 Å². The van der Waals surface area contributed by atoms with Gasteiger partial charge in [-0.2, -0.15) is 5.10 Å². The summed E-state index contributed by atoms with van der Waals surface area (Å²) in [6, 6.07) is 8.38. The van der Waals surface area contributed by atoms with Gasteiger partial charge in [-0.3, -0.25) is 5.10 Å². The van der Waals surface area contributed by atoms with Gasteiger partial charge in [0.25, 0.3) is 0 Å². The van der Waals surface area contributed by atoms with Gasteiger partial charge in [-0.15, -0.1) is 0 Å². The summed E-state index contributed by atoms with van der Waals surface area (Å²) in [6.07, 6.45) is 2.08. The summed E-state index contributed by atoms with van der Waals surface area (Å²) in [5.41, 5.74) is 2.94. The first-order chi connectivity index (χ1) is 7.29. The largest absolute Gasteiger partial charge is 0.282 e. The molecule has 2 nitrogen and oxygen atoms in total. The maximum atomic E-state index is 12.7. The van der Waals surface area contributed by atoms with E-state index in [1.807, 2.05) is 6.07 Å². The molecule has 0 aliphatic heterocycles. The molecular formula is C12H13FN2. The zero-order chi connectivity index (χ0) is 10.7. The van der Waals surface area contributed by atoms with Gasteiger partial charge in [0.1, 0.15) is 5.82 Å². The Morgan fingerprint density at radius 1 is 1.27 bits per heavy atom. The number of aromatic amines is 1. The Kier molecular flexibility index (Phi) is 2.81. The monoisotopic (exact) mass is 204 g/mol. The van der Waals surface area contributed by atoms with Crippen molar-refractivity contribution < 1.29 is 4.39 Å². The van der Waals surface area contributed by atoms with Crippen LogP contribution < -0.4 is 0 Å². The van der Waals surface area contributed by atoms with E-state index >= 15 is 0 Å². The van der Waals surface area contributed by atoms with Crippen LogP contribution in [0.15, 0.2) is 30.3 Å². The predicted octanol–water partition coefficient (Wildman–Crippen LogP) is 3.17. The number of aromatic nitrogens is 2. The number of halogens is 1. The highest BCUT2D eigenvalue weighted by Crippen LogP contribution is 2.18. The smallest absolute Gasteiger partial charge is 0.123 e. The molecule has 0 unspecified atom stereocenters. The number of benzene rings is 1. The number of hydrogen-bond acceptors (Lipinski definition) is 1. The van der Waals surface area contributed by atoms with Crippen LogP contribution in [0.1, 0.15) is 19.0 Å². The van der Waals surface area contributed by atoms with Crippen LogP contribution >= 0.6 is 0 Å². The van der Waals surface area contributed by atoms with Gasteiger partial charge in [0.15, 0.2) is 0 Å². The predicted molar refractivity (Wildman–Crippen MR) is 58.0 cm³/mol. The maximum Gasteiger partial charge on any atom is 0.123 e. The number of rotatable bonds is 3.